The van der Waals surface area contributed by atoms with Gasteiger partial charge in [0.05, 0.1) is 5.56 Å². The summed E-state index contributed by atoms with van der Waals surface area (Å²) in [4.78, 5) is 20.8. The fourth-order valence-electron chi connectivity index (χ4n) is 2.51. The number of nitrogens with zero attached hydrogens (tertiary/aromatic N) is 3. The highest BCUT2D eigenvalue weighted by atomic mass is 16.2. The maximum Gasteiger partial charge on any atom is 0.255 e. The van der Waals surface area contributed by atoms with Crippen LogP contribution in [0, 0.1) is 6.92 Å². The van der Waals surface area contributed by atoms with Crippen LogP contribution in [0.3, 0.4) is 0 Å². The Morgan fingerprint density at radius 2 is 2.00 bits per heavy atom. The standard InChI is InChI=1S/C15H24N4O/c1-13-10-14(12-17-11-13)15(20)19-8-6-18(7-9-19)5-3-2-4-16/h10-12H,2-9,16H2,1H3. The first-order valence-corrected chi connectivity index (χ1v) is 7.34. The van der Waals surface area contributed by atoms with Gasteiger partial charge in [-0.05, 0) is 44.5 Å². The molecule has 2 rings (SSSR count). The molecule has 0 unspecified atom stereocenters. The minimum atomic E-state index is 0.0998. The molecule has 20 heavy (non-hydrogen) atoms. The van der Waals surface area contributed by atoms with E-state index < -0.39 is 0 Å². The molecule has 5 heteroatoms. The number of hydrogen-bond donors (Lipinski definition) is 1. The van der Waals surface area contributed by atoms with E-state index in [4.69, 9.17) is 5.73 Å². The van der Waals surface area contributed by atoms with Crippen LogP contribution in [-0.4, -0.2) is 60.0 Å². The van der Waals surface area contributed by atoms with Crippen molar-refractivity contribution in [2.45, 2.75) is 19.8 Å². The highest BCUT2D eigenvalue weighted by Gasteiger charge is 2.21. The number of nitrogens with two attached hydrogens (primary N) is 1. The minimum absolute atomic E-state index is 0.0998. The monoisotopic (exact) mass is 276 g/mol. The van der Waals surface area contributed by atoms with Crippen LogP contribution in [0.2, 0.25) is 0 Å². The molecule has 1 saturated heterocycles. The van der Waals surface area contributed by atoms with Gasteiger partial charge in [0, 0.05) is 38.6 Å². The zero-order valence-electron chi connectivity index (χ0n) is 12.2. The first kappa shape index (κ1) is 14.9. The van der Waals surface area contributed by atoms with E-state index in [-0.39, 0.29) is 5.91 Å². The molecule has 1 aliphatic rings. The van der Waals surface area contributed by atoms with Crippen molar-refractivity contribution in [1.29, 1.82) is 0 Å². The molecule has 110 valence electrons. The van der Waals surface area contributed by atoms with Gasteiger partial charge in [-0.2, -0.15) is 0 Å². The van der Waals surface area contributed by atoms with Crippen LogP contribution in [0.4, 0.5) is 0 Å². The number of pyridine rings is 1. The SMILES string of the molecule is Cc1cncc(C(=O)N2CCN(CCCCN)CC2)c1. The summed E-state index contributed by atoms with van der Waals surface area (Å²) in [7, 11) is 0. The van der Waals surface area contributed by atoms with Crippen molar-refractivity contribution in [1.82, 2.24) is 14.8 Å². The molecule has 0 bridgehead atoms. The van der Waals surface area contributed by atoms with E-state index in [9.17, 15) is 4.79 Å². The molecule has 2 N–H and O–H groups in total. The number of aryl methyl sites for hydroxylation is 1. The number of rotatable bonds is 5. The number of carbonyl (C=O) groups excluding carboxylic acids is 1. The van der Waals surface area contributed by atoms with Gasteiger partial charge in [-0.15, -0.1) is 0 Å². The molecule has 1 aromatic heterocycles. The van der Waals surface area contributed by atoms with Crippen LogP contribution < -0.4 is 5.73 Å². The summed E-state index contributed by atoms with van der Waals surface area (Å²) >= 11 is 0. The summed E-state index contributed by atoms with van der Waals surface area (Å²) in [6, 6.07) is 1.91. The van der Waals surface area contributed by atoms with Crippen molar-refractivity contribution in [2.75, 3.05) is 39.3 Å². The number of piperazine rings is 1. The maximum absolute atomic E-state index is 12.4. The first-order valence-electron chi connectivity index (χ1n) is 7.34. The number of hydrogen-bond acceptors (Lipinski definition) is 4. The van der Waals surface area contributed by atoms with Crippen LogP contribution in [0.5, 0.6) is 0 Å². The van der Waals surface area contributed by atoms with Gasteiger partial charge in [-0.25, -0.2) is 0 Å². The second kappa shape index (κ2) is 7.36. The average molecular weight is 276 g/mol. The van der Waals surface area contributed by atoms with Gasteiger partial charge in [0.15, 0.2) is 0 Å². The number of carbonyl (C=O) groups is 1. The van der Waals surface area contributed by atoms with Crippen molar-refractivity contribution >= 4 is 5.91 Å². The third kappa shape index (κ3) is 4.02. The Bertz CT molecular complexity index is 441. The lowest BCUT2D eigenvalue weighted by molar-refractivity contribution is 0.0635. The zero-order chi connectivity index (χ0) is 14.4. The maximum atomic E-state index is 12.4. The van der Waals surface area contributed by atoms with Gasteiger partial charge in [0.2, 0.25) is 0 Å². The van der Waals surface area contributed by atoms with Gasteiger partial charge >= 0.3 is 0 Å². The van der Waals surface area contributed by atoms with Gasteiger partial charge in [-0.1, -0.05) is 0 Å². The fraction of sp³-hybridized carbons (Fsp3) is 0.600. The molecule has 1 fully saturated rings. The highest BCUT2D eigenvalue weighted by molar-refractivity contribution is 5.94. The molecule has 0 aliphatic carbocycles. The molecule has 0 atom stereocenters. The van der Waals surface area contributed by atoms with Crippen molar-refractivity contribution in [3.05, 3.63) is 29.6 Å². The Balaban J connectivity index is 1.83. The van der Waals surface area contributed by atoms with E-state index in [0.717, 1.165) is 57.7 Å². The van der Waals surface area contributed by atoms with E-state index in [1.807, 2.05) is 17.9 Å². The summed E-state index contributed by atoms with van der Waals surface area (Å²) in [6.07, 6.45) is 5.65. The minimum Gasteiger partial charge on any atom is -0.336 e. The third-order valence-corrected chi connectivity index (χ3v) is 3.71. The average Bonchev–Trinajstić information content (AvgIpc) is 2.47. The van der Waals surface area contributed by atoms with Crippen LogP contribution in [0.25, 0.3) is 0 Å². The quantitative estimate of drug-likeness (QED) is 0.811. The summed E-state index contributed by atoms with van der Waals surface area (Å²) in [5.74, 6) is 0.0998. The summed E-state index contributed by atoms with van der Waals surface area (Å²) in [5, 5.41) is 0. The smallest absolute Gasteiger partial charge is 0.255 e. The zero-order valence-corrected chi connectivity index (χ0v) is 12.2. The molecular formula is C15H24N4O. The Hall–Kier alpha value is -1.46. The molecule has 1 aromatic rings. The molecule has 5 nitrogen and oxygen atoms in total. The van der Waals surface area contributed by atoms with Gasteiger partial charge in [-0.3, -0.25) is 14.7 Å². The number of unbranched alkanes of at least 4 members (excludes halogenated alkanes) is 1. The molecule has 1 aliphatic heterocycles. The first-order chi connectivity index (χ1) is 9.70. The third-order valence-electron chi connectivity index (χ3n) is 3.71. The van der Waals surface area contributed by atoms with Gasteiger partial charge < -0.3 is 10.6 Å². The molecule has 1 amide bonds. The van der Waals surface area contributed by atoms with Crippen LogP contribution in [-0.2, 0) is 0 Å². The molecule has 0 radical (unpaired) electrons. The number of amides is 1. The Labute approximate surface area is 120 Å². The van der Waals surface area contributed by atoms with Crippen molar-refractivity contribution in [3.8, 4) is 0 Å². The predicted octanol–water partition coefficient (Wildman–Crippen LogP) is 0.887. The van der Waals surface area contributed by atoms with E-state index in [1.165, 1.54) is 0 Å². The second-order valence-electron chi connectivity index (χ2n) is 5.38. The molecule has 0 spiro atoms. The van der Waals surface area contributed by atoms with E-state index in [0.29, 0.717) is 5.56 Å². The van der Waals surface area contributed by atoms with Crippen molar-refractivity contribution in [2.24, 2.45) is 5.73 Å². The second-order valence-corrected chi connectivity index (χ2v) is 5.38. The van der Waals surface area contributed by atoms with Crippen LogP contribution >= 0.6 is 0 Å². The van der Waals surface area contributed by atoms with Crippen LogP contribution in [0.15, 0.2) is 18.5 Å². The topological polar surface area (TPSA) is 62.5 Å². The Kier molecular flexibility index (Phi) is 5.49. The van der Waals surface area contributed by atoms with Crippen molar-refractivity contribution < 1.29 is 4.79 Å². The summed E-state index contributed by atoms with van der Waals surface area (Å²) in [5.41, 5.74) is 7.23. The fourth-order valence-corrected chi connectivity index (χ4v) is 2.51. The Morgan fingerprint density at radius 1 is 1.25 bits per heavy atom. The van der Waals surface area contributed by atoms with E-state index in [1.54, 1.807) is 12.4 Å². The Morgan fingerprint density at radius 3 is 2.65 bits per heavy atom. The van der Waals surface area contributed by atoms with Crippen LogP contribution in [0.1, 0.15) is 28.8 Å². The lowest BCUT2D eigenvalue weighted by Gasteiger charge is -2.34. The lowest BCUT2D eigenvalue weighted by atomic mass is 10.2. The van der Waals surface area contributed by atoms with Gasteiger partial charge in [0.25, 0.3) is 5.91 Å². The number of aromatic nitrogens is 1. The van der Waals surface area contributed by atoms with E-state index in [2.05, 4.69) is 9.88 Å². The molecular weight excluding hydrogens is 252 g/mol. The molecule has 0 saturated carbocycles. The highest BCUT2D eigenvalue weighted by Crippen LogP contribution is 2.10. The normalized spacial score (nSPS) is 16.4. The summed E-state index contributed by atoms with van der Waals surface area (Å²) in [6.45, 7) is 7.32. The largest absolute Gasteiger partial charge is 0.336 e. The van der Waals surface area contributed by atoms with E-state index >= 15 is 0 Å². The lowest BCUT2D eigenvalue weighted by Crippen LogP contribution is -2.48. The predicted molar refractivity (Wildman–Crippen MR) is 79.6 cm³/mol. The van der Waals surface area contributed by atoms with Gasteiger partial charge in [0.1, 0.15) is 0 Å². The molecule has 2 heterocycles. The molecule has 0 aromatic carbocycles. The summed E-state index contributed by atoms with van der Waals surface area (Å²) < 4.78 is 0. The van der Waals surface area contributed by atoms with Crippen molar-refractivity contribution in [3.63, 3.8) is 0 Å².